The second-order valence-corrected chi connectivity index (χ2v) is 4.09. The standard InChI is InChI=1S/C14H12F3NO2/c1-20-13-12(7-6-11(8-19)18-13)9-2-4-10(5-3-9)14(15,16)17/h2-7,19H,8H2,1H3. The molecule has 0 amide bonds. The molecule has 106 valence electrons. The lowest BCUT2D eigenvalue weighted by Crippen LogP contribution is -2.04. The molecule has 2 rings (SSSR count). The van der Waals surface area contributed by atoms with E-state index in [1.165, 1.54) is 19.2 Å². The van der Waals surface area contributed by atoms with Gasteiger partial charge in [0.1, 0.15) is 0 Å². The van der Waals surface area contributed by atoms with Crippen LogP contribution >= 0.6 is 0 Å². The van der Waals surface area contributed by atoms with E-state index in [4.69, 9.17) is 9.84 Å². The first-order valence-electron chi connectivity index (χ1n) is 5.78. The molecule has 2 aromatic rings. The zero-order valence-corrected chi connectivity index (χ0v) is 10.6. The quantitative estimate of drug-likeness (QED) is 0.940. The highest BCUT2D eigenvalue weighted by Gasteiger charge is 2.30. The number of aliphatic hydroxyl groups excluding tert-OH is 1. The van der Waals surface area contributed by atoms with Crippen LogP contribution in [0.3, 0.4) is 0 Å². The van der Waals surface area contributed by atoms with E-state index >= 15 is 0 Å². The van der Waals surface area contributed by atoms with E-state index in [0.717, 1.165) is 12.1 Å². The minimum atomic E-state index is -4.36. The van der Waals surface area contributed by atoms with Gasteiger partial charge in [-0.1, -0.05) is 12.1 Å². The average molecular weight is 283 g/mol. The maximum Gasteiger partial charge on any atom is 0.416 e. The lowest BCUT2D eigenvalue weighted by Gasteiger charge is -2.11. The summed E-state index contributed by atoms with van der Waals surface area (Å²) in [7, 11) is 1.41. The predicted molar refractivity (Wildman–Crippen MR) is 67.1 cm³/mol. The summed E-state index contributed by atoms with van der Waals surface area (Å²) >= 11 is 0. The van der Waals surface area contributed by atoms with Gasteiger partial charge >= 0.3 is 6.18 Å². The van der Waals surface area contributed by atoms with E-state index in [1.54, 1.807) is 12.1 Å². The molecule has 0 saturated carbocycles. The van der Waals surface area contributed by atoms with Gasteiger partial charge in [0, 0.05) is 5.56 Å². The van der Waals surface area contributed by atoms with Gasteiger partial charge in [-0.25, -0.2) is 4.98 Å². The van der Waals surface area contributed by atoms with Gasteiger partial charge in [0.15, 0.2) is 0 Å². The van der Waals surface area contributed by atoms with Crippen LogP contribution in [-0.2, 0) is 12.8 Å². The van der Waals surface area contributed by atoms with Gasteiger partial charge in [0.05, 0.1) is 25.0 Å². The summed E-state index contributed by atoms with van der Waals surface area (Å²) < 4.78 is 42.6. The molecule has 1 aromatic heterocycles. The van der Waals surface area contributed by atoms with E-state index in [9.17, 15) is 13.2 Å². The molecule has 6 heteroatoms. The molecule has 0 spiro atoms. The Balaban J connectivity index is 2.41. The fourth-order valence-electron chi connectivity index (χ4n) is 1.78. The number of nitrogens with zero attached hydrogens (tertiary/aromatic N) is 1. The molecule has 0 saturated heterocycles. The van der Waals surface area contributed by atoms with Crippen LogP contribution in [0.5, 0.6) is 5.88 Å². The number of aliphatic hydroxyl groups is 1. The minimum absolute atomic E-state index is 0.232. The summed E-state index contributed by atoms with van der Waals surface area (Å²) in [5.74, 6) is 0.260. The van der Waals surface area contributed by atoms with Crippen LogP contribution < -0.4 is 4.74 Å². The van der Waals surface area contributed by atoms with Crippen molar-refractivity contribution in [1.29, 1.82) is 0 Å². The van der Waals surface area contributed by atoms with Crippen LogP contribution in [0.15, 0.2) is 36.4 Å². The second kappa shape index (κ2) is 5.50. The highest BCUT2D eigenvalue weighted by Crippen LogP contribution is 2.33. The molecule has 1 heterocycles. The number of alkyl halides is 3. The molecule has 0 atom stereocenters. The van der Waals surface area contributed by atoms with Crippen molar-refractivity contribution in [2.45, 2.75) is 12.8 Å². The van der Waals surface area contributed by atoms with E-state index in [0.29, 0.717) is 16.8 Å². The molecule has 0 radical (unpaired) electrons. The highest BCUT2D eigenvalue weighted by atomic mass is 19.4. The van der Waals surface area contributed by atoms with Gasteiger partial charge in [-0.2, -0.15) is 13.2 Å². The third kappa shape index (κ3) is 2.91. The Labute approximate surface area is 113 Å². The molecule has 20 heavy (non-hydrogen) atoms. The van der Waals surface area contributed by atoms with Crippen LogP contribution in [0.1, 0.15) is 11.3 Å². The van der Waals surface area contributed by atoms with Gasteiger partial charge in [0.25, 0.3) is 0 Å². The third-order valence-electron chi connectivity index (χ3n) is 2.80. The molecule has 0 aliphatic heterocycles. The molecule has 0 unspecified atom stereocenters. The van der Waals surface area contributed by atoms with Crippen molar-refractivity contribution in [1.82, 2.24) is 4.98 Å². The van der Waals surface area contributed by atoms with Crippen LogP contribution in [0.25, 0.3) is 11.1 Å². The number of pyridine rings is 1. The lowest BCUT2D eigenvalue weighted by atomic mass is 10.0. The van der Waals surface area contributed by atoms with Crippen molar-refractivity contribution >= 4 is 0 Å². The first kappa shape index (κ1) is 14.3. The molecule has 0 aliphatic carbocycles. The first-order chi connectivity index (χ1) is 9.45. The number of hydrogen-bond donors (Lipinski definition) is 1. The van der Waals surface area contributed by atoms with Gasteiger partial charge in [-0.05, 0) is 29.8 Å². The topological polar surface area (TPSA) is 42.4 Å². The van der Waals surface area contributed by atoms with Crippen LogP contribution in [0.4, 0.5) is 13.2 Å². The Morgan fingerprint density at radius 3 is 2.25 bits per heavy atom. The highest BCUT2D eigenvalue weighted by molar-refractivity contribution is 5.69. The smallest absolute Gasteiger partial charge is 0.416 e. The van der Waals surface area contributed by atoms with Crippen LogP contribution in [0, 0.1) is 0 Å². The summed E-state index contributed by atoms with van der Waals surface area (Å²) in [6.07, 6.45) is -4.36. The normalized spacial score (nSPS) is 11.4. The molecular formula is C14H12F3NO2. The van der Waals surface area contributed by atoms with Gasteiger partial charge in [0.2, 0.25) is 5.88 Å². The van der Waals surface area contributed by atoms with Gasteiger partial charge in [-0.3, -0.25) is 0 Å². The van der Waals surface area contributed by atoms with E-state index in [2.05, 4.69) is 4.98 Å². The van der Waals surface area contributed by atoms with Crippen molar-refractivity contribution in [3.05, 3.63) is 47.7 Å². The van der Waals surface area contributed by atoms with Gasteiger partial charge < -0.3 is 9.84 Å². The summed E-state index contributed by atoms with van der Waals surface area (Å²) in [6, 6.07) is 7.99. The fourth-order valence-corrected chi connectivity index (χ4v) is 1.78. The van der Waals surface area contributed by atoms with E-state index in [1.807, 2.05) is 0 Å². The van der Waals surface area contributed by atoms with Gasteiger partial charge in [-0.15, -0.1) is 0 Å². The Morgan fingerprint density at radius 1 is 1.10 bits per heavy atom. The van der Waals surface area contributed by atoms with Crippen molar-refractivity contribution in [3.8, 4) is 17.0 Å². The van der Waals surface area contributed by atoms with Crippen LogP contribution in [0.2, 0.25) is 0 Å². The SMILES string of the molecule is COc1nc(CO)ccc1-c1ccc(C(F)(F)F)cc1. The second-order valence-electron chi connectivity index (χ2n) is 4.09. The molecule has 0 fully saturated rings. The zero-order valence-electron chi connectivity index (χ0n) is 10.6. The average Bonchev–Trinajstić information content (AvgIpc) is 2.45. The van der Waals surface area contributed by atoms with E-state index in [-0.39, 0.29) is 12.5 Å². The number of rotatable bonds is 3. The number of methoxy groups -OCH3 is 1. The molecule has 0 bridgehead atoms. The van der Waals surface area contributed by atoms with Crippen molar-refractivity contribution in [2.75, 3.05) is 7.11 Å². The Bertz CT molecular complexity index is 594. The van der Waals surface area contributed by atoms with Crippen molar-refractivity contribution < 1.29 is 23.0 Å². The molecule has 0 aliphatic rings. The van der Waals surface area contributed by atoms with Crippen LogP contribution in [-0.4, -0.2) is 17.2 Å². The number of ether oxygens (including phenoxy) is 1. The summed E-state index contributed by atoms with van der Waals surface area (Å²) in [5.41, 5.74) is 0.850. The summed E-state index contributed by atoms with van der Waals surface area (Å²) in [5, 5.41) is 9.00. The third-order valence-corrected chi connectivity index (χ3v) is 2.80. The Hall–Kier alpha value is -2.08. The minimum Gasteiger partial charge on any atom is -0.481 e. The van der Waals surface area contributed by atoms with Crippen molar-refractivity contribution in [3.63, 3.8) is 0 Å². The molecular weight excluding hydrogens is 271 g/mol. The monoisotopic (exact) mass is 283 g/mol. The maximum atomic E-state index is 12.5. The number of aromatic nitrogens is 1. The first-order valence-corrected chi connectivity index (χ1v) is 5.78. The molecule has 1 N–H and O–H groups in total. The van der Waals surface area contributed by atoms with Crippen molar-refractivity contribution in [2.24, 2.45) is 0 Å². The largest absolute Gasteiger partial charge is 0.481 e. The summed E-state index contributed by atoms with van der Waals surface area (Å²) in [4.78, 5) is 4.06. The summed E-state index contributed by atoms with van der Waals surface area (Å²) in [6.45, 7) is -0.232. The number of hydrogen-bond acceptors (Lipinski definition) is 3. The number of benzene rings is 1. The zero-order chi connectivity index (χ0) is 14.8. The maximum absolute atomic E-state index is 12.5. The molecule has 3 nitrogen and oxygen atoms in total. The van der Waals surface area contributed by atoms with E-state index < -0.39 is 11.7 Å². The number of halogens is 3. The predicted octanol–water partition coefficient (Wildman–Crippen LogP) is 3.27. The lowest BCUT2D eigenvalue weighted by molar-refractivity contribution is -0.137. The Kier molecular flexibility index (Phi) is 3.94. The fraction of sp³-hybridized carbons (Fsp3) is 0.214. The Morgan fingerprint density at radius 2 is 1.75 bits per heavy atom. The molecule has 1 aromatic carbocycles.